The van der Waals surface area contributed by atoms with Crippen molar-refractivity contribution in [3.63, 3.8) is 0 Å². The minimum absolute atomic E-state index is 0.306. The van der Waals surface area contributed by atoms with Crippen molar-refractivity contribution >= 4 is 23.6 Å². The van der Waals surface area contributed by atoms with Crippen LogP contribution in [0.3, 0.4) is 0 Å². The lowest BCUT2D eigenvalue weighted by Crippen LogP contribution is -2.11. The molecule has 22 heavy (non-hydrogen) atoms. The Balaban J connectivity index is 2.12. The highest BCUT2D eigenvalue weighted by Crippen LogP contribution is 2.19. The number of anilines is 1. The number of benzene rings is 1. The number of ether oxygens (including phenoxy) is 1. The van der Waals surface area contributed by atoms with Crippen molar-refractivity contribution in [2.45, 2.75) is 13.8 Å². The monoisotopic (exact) mass is 299 g/mol. The average molecular weight is 299 g/mol. The Hall–Kier alpha value is -2.82. The van der Waals surface area contributed by atoms with Crippen LogP contribution < -0.4 is 5.32 Å². The summed E-state index contributed by atoms with van der Waals surface area (Å²) in [6.07, 6.45) is 2.96. The van der Waals surface area contributed by atoms with Crippen LogP contribution in [0.1, 0.15) is 27.4 Å². The van der Waals surface area contributed by atoms with Gasteiger partial charge in [-0.25, -0.2) is 4.79 Å². The van der Waals surface area contributed by atoms with Gasteiger partial charge in [-0.05, 0) is 49.8 Å². The molecule has 0 spiro atoms. The predicted octanol–water partition coefficient (Wildman–Crippen LogP) is 3.33. The zero-order valence-electron chi connectivity index (χ0n) is 12.7. The Morgan fingerprint density at radius 2 is 1.95 bits per heavy atom. The molecule has 0 atom stereocenters. The van der Waals surface area contributed by atoms with Gasteiger partial charge in [-0.1, -0.05) is 6.07 Å². The Bertz CT molecular complexity index is 728. The molecule has 1 heterocycles. The van der Waals surface area contributed by atoms with Crippen LogP contribution in [0.2, 0.25) is 0 Å². The van der Waals surface area contributed by atoms with E-state index in [1.807, 2.05) is 13.0 Å². The van der Waals surface area contributed by atoms with E-state index in [1.54, 1.807) is 37.3 Å². The highest BCUT2D eigenvalue weighted by Gasteiger charge is 2.12. The molecule has 5 nitrogen and oxygen atoms in total. The SMILES string of the molecule is COC(=O)c1cccc(NC(=O)/C=C/c2ccc(C)o2)c1C. The second kappa shape index (κ2) is 6.76. The topological polar surface area (TPSA) is 68.5 Å². The Kier molecular flexibility index (Phi) is 4.78. The summed E-state index contributed by atoms with van der Waals surface area (Å²) in [7, 11) is 1.32. The predicted molar refractivity (Wildman–Crippen MR) is 83.6 cm³/mol. The van der Waals surface area contributed by atoms with Gasteiger partial charge in [0.25, 0.3) is 0 Å². The van der Waals surface area contributed by atoms with Crippen LogP contribution in [0.15, 0.2) is 40.8 Å². The van der Waals surface area contributed by atoms with Crippen LogP contribution in [0.5, 0.6) is 0 Å². The van der Waals surface area contributed by atoms with E-state index in [-0.39, 0.29) is 5.91 Å². The van der Waals surface area contributed by atoms with Crippen molar-refractivity contribution < 1.29 is 18.7 Å². The summed E-state index contributed by atoms with van der Waals surface area (Å²) in [5.41, 5.74) is 1.64. The van der Waals surface area contributed by atoms with Crippen molar-refractivity contribution in [3.8, 4) is 0 Å². The number of hydrogen-bond acceptors (Lipinski definition) is 4. The zero-order chi connectivity index (χ0) is 16.1. The lowest BCUT2D eigenvalue weighted by atomic mass is 10.1. The fourth-order valence-electron chi connectivity index (χ4n) is 1.98. The van der Waals surface area contributed by atoms with Gasteiger partial charge in [-0.2, -0.15) is 0 Å². The smallest absolute Gasteiger partial charge is 0.338 e. The summed E-state index contributed by atoms with van der Waals surface area (Å²) in [4.78, 5) is 23.6. The molecule has 0 aliphatic heterocycles. The standard InChI is InChI=1S/C17H17NO4/c1-11-7-8-13(22-11)9-10-16(19)18-15-6-4-5-14(12(15)2)17(20)21-3/h4-10H,1-3H3,(H,18,19)/b10-9+. The van der Waals surface area contributed by atoms with Crippen LogP contribution in [0.4, 0.5) is 5.69 Å². The number of carbonyl (C=O) groups excluding carboxylic acids is 2. The maximum atomic E-state index is 11.9. The second-order valence-corrected chi connectivity index (χ2v) is 4.74. The summed E-state index contributed by atoms with van der Waals surface area (Å²) in [5.74, 6) is 0.642. The number of amides is 1. The molecule has 0 aliphatic rings. The summed E-state index contributed by atoms with van der Waals surface area (Å²) in [6, 6.07) is 8.67. The molecule has 0 unspecified atom stereocenters. The van der Waals surface area contributed by atoms with Gasteiger partial charge in [0.15, 0.2) is 0 Å². The molecule has 0 saturated heterocycles. The van der Waals surface area contributed by atoms with E-state index in [2.05, 4.69) is 5.32 Å². The average Bonchev–Trinajstić information content (AvgIpc) is 2.92. The number of nitrogens with one attached hydrogen (secondary N) is 1. The zero-order valence-corrected chi connectivity index (χ0v) is 12.7. The lowest BCUT2D eigenvalue weighted by Gasteiger charge is -2.10. The molecule has 114 valence electrons. The number of hydrogen-bond donors (Lipinski definition) is 1. The third-order valence-corrected chi connectivity index (χ3v) is 3.16. The summed E-state index contributed by atoms with van der Waals surface area (Å²) in [5, 5.41) is 2.73. The van der Waals surface area contributed by atoms with E-state index >= 15 is 0 Å². The summed E-state index contributed by atoms with van der Waals surface area (Å²) in [6.45, 7) is 3.58. The molecule has 1 aromatic carbocycles. The van der Waals surface area contributed by atoms with Crippen LogP contribution >= 0.6 is 0 Å². The number of esters is 1. The normalized spacial score (nSPS) is 10.7. The number of furan rings is 1. The number of methoxy groups -OCH3 is 1. The van der Waals surface area contributed by atoms with Gasteiger partial charge in [-0.3, -0.25) is 4.79 Å². The second-order valence-electron chi connectivity index (χ2n) is 4.74. The largest absolute Gasteiger partial charge is 0.465 e. The minimum Gasteiger partial charge on any atom is -0.465 e. The molecule has 1 amide bonds. The van der Waals surface area contributed by atoms with E-state index in [0.29, 0.717) is 22.6 Å². The minimum atomic E-state index is -0.435. The van der Waals surface area contributed by atoms with Gasteiger partial charge in [0.05, 0.1) is 12.7 Å². The molecule has 1 N–H and O–H groups in total. The third kappa shape index (κ3) is 3.63. The highest BCUT2D eigenvalue weighted by molar-refractivity contribution is 6.03. The maximum Gasteiger partial charge on any atom is 0.338 e. The molecule has 2 aromatic rings. The first-order valence-electron chi connectivity index (χ1n) is 6.74. The molecule has 0 fully saturated rings. The van der Waals surface area contributed by atoms with Crippen molar-refractivity contribution in [1.29, 1.82) is 0 Å². The molecule has 0 saturated carbocycles. The first-order valence-corrected chi connectivity index (χ1v) is 6.74. The fourth-order valence-corrected chi connectivity index (χ4v) is 1.98. The van der Waals surface area contributed by atoms with Crippen molar-refractivity contribution in [1.82, 2.24) is 0 Å². The van der Waals surface area contributed by atoms with E-state index < -0.39 is 5.97 Å². The van der Waals surface area contributed by atoms with Gasteiger partial charge in [0.1, 0.15) is 11.5 Å². The summed E-state index contributed by atoms with van der Waals surface area (Å²) >= 11 is 0. The van der Waals surface area contributed by atoms with Crippen molar-refractivity contribution in [3.05, 3.63) is 59.1 Å². The molecule has 5 heteroatoms. The molecule has 0 radical (unpaired) electrons. The van der Waals surface area contributed by atoms with Crippen LogP contribution in [-0.2, 0) is 9.53 Å². The third-order valence-electron chi connectivity index (χ3n) is 3.16. The first-order chi connectivity index (χ1) is 10.5. The number of rotatable bonds is 4. The first kappa shape index (κ1) is 15.6. The van der Waals surface area contributed by atoms with E-state index in [4.69, 9.17) is 9.15 Å². The number of aryl methyl sites for hydroxylation is 1. The molecule has 1 aromatic heterocycles. The Morgan fingerprint density at radius 3 is 2.59 bits per heavy atom. The van der Waals surface area contributed by atoms with Gasteiger partial charge in [0.2, 0.25) is 5.91 Å². The van der Waals surface area contributed by atoms with Crippen LogP contribution in [-0.4, -0.2) is 19.0 Å². The van der Waals surface area contributed by atoms with Crippen LogP contribution in [0, 0.1) is 13.8 Å². The fraction of sp³-hybridized carbons (Fsp3) is 0.176. The van der Waals surface area contributed by atoms with Gasteiger partial charge in [0, 0.05) is 11.8 Å². The molecule has 2 rings (SSSR count). The van der Waals surface area contributed by atoms with Gasteiger partial charge in [-0.15, -0.1) is 0 Å². The molecule has 0 bridgehead atoms. The highest BCUT2D eigenvalue weighted by atomic mass is 16.5. The Morgan fingerprint density at radius 1 is 1.18 bits per heavy atom. The molecule has 0 aliphatic carbocycles. The molecular weight excluding hydrogens is 282 g/mol. The summed E-state index contributed by atoms with van der Waals surface area (Å²) < 4.78 is 10.1. The van der Waals surface area contributed by atoms with Crippen molar-refractivity contribution in [2.24, 2.45) is 0 Å². The maximum absolute atomic E-state index is 11.9. The Labute approximate surface area is 128 Å². The van der Waals surface area contributed by atoms with Crippen molar-refractivity contribution in [2.75, 3.05) is 12.4 Å². The molecular formula is C17H17NO4. The van der Waals surface area contributed by atoms with E-state index in [1.165, 1.54) is 13.2 Å². The van der Waals surface area contributed by atoms with E-state index in [0.717, 1.165) is 5.76 Å². The quantitative estimate of drug-likeness (QED) is 0.694. The van der Waals surface area contributed by atoms with Crippen LogP contribution in [0.25, 0.3) is 6.08 Å². The van der Waals surface area contributed by atoms with E-state index in [9.17, 15) is 9.59 Å². The lowest BCUT2D eigenvalue weighted by molar-refractivity contribution is -0.111. The van der Waals surface area contributed by atoms with Gasteiger partial charge >= 0.3 is 5.97 Å². The number of carbonyl (C=O) groups is 2. The van der Waals surface area contributed by atoms with Gasteiger partial charge < -0.3 is 14.5 Å².